The van der Waals surface area contributed by atoms with E-state index in [4.69, 9.17) is 21.1 Å². The predicted octanol–water partition coefficient (Wildman–Crippen LogP) is 5.08. The molecule has 1 N–H and O–H groups in total. The fourth-order valence-electron chi connectivity index (χ4n) is 3.25. The van der Waals surface area contributed by atoms with E-state index in [9.17, 15) is 4.79 Å². The molecule has 2 heterocycles. The highest BCUT2D eigenvalue weighted by Gasteiger charge is 2.19. The topological polar surface area (TPSA) is 63.7 Å². The van der Waals surface area contributed by atoms with Gasteiger partial charge < -0.3 is 9.47 Å². The number of anilines is 1. The van der Waals surface area contributed by atoms with Gasteiger partial charge in [-0.1, -0.05) is 25.4 Å². The smallest absolute Gasteiger partial charge is 0.257 e. The Bertz CT molecular complexity index is 835. The van der Waals surface area contributed by atoms with Gasteiger partial charge in [0, 0.05) is 17.5 Å². The standard InChI is InChI=1S/C21H28ClN3O3S/c1-4-9-28-19-17(22)10-15(11-18(19)27-3)20(26)24-21-23-16(13-29-21)12-25-7-5-14(2)6-8-25/h10-11,13-14H,4-9,12H2,1-3H3,(H,23,24,26). The summed E-state index contributed by atoms with van der Waals surface area (Å²) < 4.78 is 11.0. The second kappa shape index (κ2) is 10.3. The van der Waals surface area contributed by atoms with Crippen LogP contribution in [0.25, 0.3) is 0 Å². The second-order valence-corrected chi connectivity index (χ2v) is 8.66. The first-order valence-electron chi connectivity index (χ1n) is 9.98. The summed E-state index contributed by atoms with van der Waals surface area (Å²) in [6, 6.07) is 3.23. The average molecular weight is 438 g/mol. The number of rotatable bonds is 8. The maximum absolute atomic E-state index is 12.7. The molecule has 0 bridgehead atoms. The maximum atomic E-state index is 12.7. The quantitative estimate of drug-likeness (QED) is 0.624. The largest absolute Gasteiger partial charge is 0.493 e. The minimum absolute atomic E-state index is 0.278. The molecule has 1 aliphatic rings. The number of thiazole rings is 1. The number of hydrogen-bond acceptors (Lipinski definition) is 6. The Kier molecular flexibility index (Phi) is 7.75. The van der Waals surface area contributed by atoms with E-state index < -0.39 is 0 Å². The van der Waals surface area contributed by atoms with Gasteiger partial charge in [0.1, 0.15) is 0 Å². The van der Waals surface area contributed by atoms with Crippen molar-refractivity contribution in [1.29, 1.82) is 0 Å². The first kappa shape index (κ1) is 21.9. The minimum atomic E-state index is -0.278. The number of benzene rings is 1. The van der Waals surface area contributed by atoms with Crippen LogP contribution in [0.1, 0.15) is 49.2 Å². The monoisotopic (exact) mass is 437 g/mol. The average Bonchev–Trinajstić information content (AvgIpc) is 3.15. The van der Waals surface area contributed by atoms with Crippen LogP contribution < -0.4 is 14.8 Å². The fourth-order valence-corrected chi connectivity index (χ4v) is 4.21. The first-order valence-corrected chi connectivity index (χ1v) is 11.2. The molecule has 3 rings (SSSR count). The lowest BCUT2D eigenvalue weighted by molar-refractivity contribution is 0.102. The minimum Gasteiger partial charge on any atom is -0.493 e. The van der Waals surface area contributed by atoms with E-state index in [1.165, 1.54) is 31.3 Å². The van der Waals surface area contributed by atoms with Crippen LogP contribution in [0.2, 0.25) is 5.02 Å². The molecule has 0 spiro atoms. The number of nitrogens with one attached hydrogen (secondary N) is 1. The summed E-state index contributed by atoms with van der Waals surface area (Å²) in [6.07, 6.45) is 3.31. The molecular formula is C21H28ClN3O3S. The van der Waals surface area contributed by atoms with Gasteiger partial charge in [0.25, 0.3) is 5.91 Å². The van der Waals surface area contributed by atoms with Crippen LogP contribution in [-0.2, 0) is 6.54 Å². The molecule has 0 atom stereocenters. The molecule has 0 unspecified atom stereocenters. The lowest BCUT2D eigenvalue weighted by Crippen LogP contribution is -2.32. The van der Waals surface area contributed by atoms with Gasteiger partial charge in [0.05, 0.1) is 24.4 Å². The van der Waals surface area contributed by atoms with E-state index >= 15 is 0 Å². The third-order valence-electron chi connectivity index (χ3n) is 4.98. The van der Waals surface area contributed by atoms with Crippen molar-refractivity contribution in [1.82, 2.24) is 9.88 Å². The number of carbonyl (C=O) groups excluding carboxylic acids is 1. The molecule has 6 nitrogen and oxygen atoms in total. The molecule has 0 radical (unpaired) electrons. The molecule has 2 aromatic rings. The van der Waals surface area contributed by atoms with Gasteiger partial charge >= 0.3 is 0 Å². The summed E-state index contributed by atoms with van der Waals surface area (Å²) in [5.41, 5.74) is 1.39. The van der Waals surface area contributed by atoms with Crippen molar-refractivity contribution in [3.63, 3.8) is 0 Å². The molecule has 29 heavy (non-hydrogen) atoms. The van der Waals surface area contributed by atoms with Crippen molar-refractivity contribution in [2.24, 2.45) is 5.92 Å². The second-order valence-electron chi connectivity index (χ2n) is 7.39. The fraction of sp³-hybridized carbons (Fsp3) is 0.524. The van der Waals surface area contributed by atoms with Crippen molar-refractivity contribution in [3.05, 3.63) is 33.8 Å². The first-order chi connectivity index (χ1) is 14.0. The summed E-state index contributed by atoms with van der Waals surface area (Å²) in [4.78, 5) is 19.7. The highest BCUT2D eigenvalue weighted by molar-refractivity contribution is 7.14. The summed E-state index contributed by atoms with van der Waals surface area (Å²) in [6.45, 7) is 7.87. The third kappa shape index (κ3) is 5.84. The van der Waals surface area contributed by atoms with E-state index in [2.05, 4.69) is 22.1 Å². The zero-order valence-corrected chi connectivity index (χ0v) is 18.7. The molecule has 0 aliphatic carbocycles. The summed E-state index contributed by atoms with van der Waals surface area (Å²) in [7, 11) is 1.53. The molecule has 1 aromatic heterocycles. The molecule has 0 saturated carbocycles. The van der Waals surface area contributed by atoms with Gasteiger partial charge in [0.15, 0.2) is 16.6 Å². The molecule has 8 heteroatoms. The predicted molar refractivity (Wildman–Crippen MR) is 118 cm³/mol. The number of piperidine rings is 1. The van der Waals surface area contributed by atoms with E-state index in [0.717, 1.165) is 37.7 Å². The van der Waals surface area contributed by atoms with Gasteiger partial charge in [-0.3, -0.25) is 15.0 Å². The summed E-state index contributed by atoms with van der Waals surface area (Å²) in [5.74, 6) is 1.43. The number of carbonyl (C=O) groups is 1. The van der Waals surface area contributed by atoms with Gasteiger partial charge in [0.2, 0.25) is 0 Å². The zero-order chi connectivity index (χ0) is 20.8. The molecule has 1 fully saturated rings. The summed E-state index contributed by atoms with van der Waals surface area (Å²) >= 11 is 7.75. The SMILES string of the molecule is CCCOc1c(Cl)cc(C(=O)Nc2nc(CN3CCC(C)CC3)cs2)cc1OC. The van der Waals surface area contributed by atoms with Crippen LogP contribution in [0.15, 0.2) is 17.5 Å². The number of likely N-dealkylation sites (tertiary alicyclic amines) is 1. The number of halogens is 1. The van der Waals surface area contributed by atoms with Crippen molar-refractivity contribution >= 4 is 34.0 Å². The van der Waals surface area contributed by atoms with Crippen LogP contribution in [0.4, 0.5) is 5.13 Å². The highest BCUT2D eigenvalue weighted by atomic mass is 35.5. The number of ether oxygens (including phenoxy) is 2. The summed E-state index contributed by atoms with van der Waals surface area (Å²) in [5, 5.41) is 5.79. The zero-order valence-electron chi connectivity index (χ0n) is 17.2. The van der Waals surface area contributed by atoms with E-state index in [0.29, 0.717) is 33.8 Å². The van der Waals surface area contributed by atoms with Crippen molar-refractivity contribution in [2.45, 2.75) is 39.7 Å². The van der Waals surface area contributed by atoms with Gasteiger partial charge in [-0.05, 0) is 50.4 Å². The van der Waals surface area contributed by atoms with E-state index in [-0.39, 0.29) is 5.91 Å². The van der Waals surface area contributed by atoms with Gasteiger partial charge in [-0.25, -0.2) is 4.98 Å². The normalized spacial score (nSPS) is 15.3. The molecule has 158 valence electrons. The van der Waals surface area contributed by atoms with Crippen LogP contribution in [0, 0.1) is 5.92 Å². The Labute approximate surface area is 181 Å². The lowest BCUT2D eigenvalue weighted by Gasteiger charge is -2.29. The molecule has 1 aromatic carbocycles. The van der Waals surface area contributed by atoms with Crippen molar-refractivity contribution in [3.8, 4) is 11.5 Å². The Hall–Kier alpha value is -1.83. The van der Waals surface area contributed by atoms with Crippen molar-refractivity contribution < 1.29 is 14.3 Å². The van der Waals surface area contributed by atoms with Crippen LogP contribution in [-0.4, -0.2) is 42.6 Å². The number of nitrogens with zero attached hydrogens (tertiary/aromatic N) is 2. The third-order valence-corrected chi connectivity index (χ3v) is 6.06. The van der Waals surface area contributed by atoms with Crippen LogP contribution >= 0.6 is 22.9 Å². The Morgan fingerprint density at radius 3 is 2.83 bits per heavy atom. The lowest BCUT2D eigenvalue weighted by atomic mass is 9.99. The highest BCUT2D eigenvalue weighted by Crippen LogP contribution is 2.36. The Morgan fingerprint density at radius 1 is 1.38 bits per heavy atom. The van der Waals surface area contributed by atoms with Gasteiger partial charge in [-0.15, -0.1) is 11.3 Å². The Morgan fingerprint density at radius 2 is 2.14 bits per heavy atom. The number of amides is 1. The molecular weight excluding hydrogens is 410 g/mol. The number of aromatic nitrogens is 1. The molecule has 1 amide bonds. The number of methoxy groups -OCH3 is 1. The van der Waals surface area contributed by atoms with Crippen LogP contribution in [0.5, 0.6) is 11.5 Å². The van der Waals surface area contributed by atoms with Crippen LogP contribution in [0.3, 0.4) is 0 Å². The molecule has 1 aliphatic heterocycles. The molecule has 1 saturated heterocycles. The van der Waals surface area contributed by atoms with Gasteiger partial charge in [-0.2, -0.15) is 0 Å². The Balaban J connectivity index is 1.64. The van der Waals surface area contributed by atoms with E-state index in [1.807, 2.05) is 12.3 Å². The van der Waals surface area contributed by atoms with Crippen molar-refractivity contribution in [2.75, 3.05) is 32.1 Å². The van der Waals surface area contributed by atoms with E-state index in [1.54, 1.807) is 12.1 Å². The maximum Gasteiger partial charge on any atom is 0.257 e. The number of hydrogen-bond donors (Lipinski definition) is 1.